The maximum atomic E-state index is 14.7. The highest BCUT2D eigenvalue weighted by Gasteiger charge is 2.51. The Hall–Kier alpha value is -3.89. The minimum Gasteiger partial charge on any atom is -0.384 e. The first-order valence-corrected chi connectivity index (χ1v) is 17.6. The molecule has 50 heavy (non-hydrogen) atoms. The highest BCUT2D eigenvalue weighted by Crippen LogP contribution is 2.33. The molecule has 1 aliphatic rings. The highest BCUT2D eigenvalue weighted by atomic mass is 16.6. The van der Waals surface area contributed by atoms with Crippen LogP contribution < -0.4 is 0 Å². The van der Waals surface area contributed by atoms with Crippen molar-refractivity contribution in [3.63, 3.8) is 0 Å². The van der Waals surface area contributed by atoms with Crippen molar-refractivity contribution in [2.45, 2.75) is 64.2 Å². The van der Waals surface area contributed by atoms with E-state index < -0.39 is 23.9 Å². The van der Waals surface area contributed by atoms with E-state index in [2.05, 4.69) is 11.9 Å². The molecule has 0 radical (unpaired) electrons. The van der Waals surface area contributed by atoms with E-state index in [0.717, 1.165) is 35.3 Å². The molecule has 0 aliphatic carbocycles. The van der Waals surface area contributed by atoms with E-state index in [1.54, 1.807) is 0 Å². The number of aliphatic hydroxyl groups is 1. The van der Waals surface area contributed by atoms with Crippen molar-refractivity contribution >= 4 is 5.91 Å². The quantitative estimate of drug-likeness (QED) is 0.136. The van der Waals surface area contributed by atoms with Gasteiger partial charge in [-0.2, -0.15) is 0 Å². The number of ether oxygens (including phenoxy) is 4. The van der Waals surface area contributed by atoms with Crippen molar-refractivity contribution in [1.29, 1.82) is 0 Å². The Morgan fingerprint density at radius 2 is 1.06 bits per heavy atom. The lowest BCUT2D eigenvalue weighted by molar-refractivity contribution is -0.236. The topological polar surface area (TPSA) is 80.7 Å². The Balaban J connectivity index is 1.54. The summed E-state index contributed by atoms with van der Waals surface area (Å²) >= 11 is 0. The third-order valence-corrected chi connectivity index (χ3v) is 9.42. The maximum absolute atomic E-state index is 14.7. The van der Waals surface area contributed by atoms with E-state index in [1.807, 2.05) is 140 Å². The second-order valence-corrected chi connectivity index (χ2v) is 13.4. The number of nitrogens with zero attached hydrogens (tertiary/aromatic N) is 2. The zero-order valence-electron chi connectivity index (χ0n) is 29.6. The molecule has 0 spiro atoms. The molecule has 0 bridgehead atoms. The van der Waals surface area contributed by atoms with Gasteiger partial charge in [-0.05, 0) is 35.2 Å². The molecule has 4 atom stereocenters. The van der Waals surface area contributed by atoms with Gasteiger partial charge in [0.2, 0.25) is 0 Å². The van der Waals surface area contributed by atoms with Gasteiger partial charge >= 0.3 is 0 Å². The van der Waals surface area contributed by atoms with Crippen LogP contribution in [0.2, 0.25) is 0 Å². The average Bonchev–Trinajstić information content (AvgIpc) is 3.15. The second kappa shape index (κ2) is 18.9. The normalized spacial score (nSPS) is 16.9. The Labute approximate surface area is 297 Å². The van der Waals surface area contributed by atoms with Gasteiger partial charge in [-0.15, -0.1) is 0 Å². The number of benzene rings is 4. The molecule has 1 N–H and O–H groups in total. The summed E-state index contributed by atoms with van der Waals surface area (Å²) in [5.41, 5.74) is 2.22. The van der Waals surface area contributed by atoms with Crippen LogP contribution in [0.15, 0.2) is 121 Å². The molecule has 0 saturated carbocycles. The summed E-state index contributed by atoms with van der Waals surface area (Å²) in [6, 6.07) is 39.3. The third-order valence-electron chi connectivity index (χ3n) is 9.42. The second-order valence-electron chi connectivity index (χ2n) is 13.4. The molecule has 1 amide bonds. The number of hydrogen-bond acceptors (Lipinski definition) is 7. The summed E-state index contributed by atoms with van der Waals surface area (Å²) in [5, 5.41) is 12.8. The minimum atomic E-state index is -1.57. The molecular formula is C42H52N2O6. The number of carbonyl (C=O) groups excluding carboxylic acids is 1. The van der Waals surface area contributed by atoms with Crippen LogP contribution in [0.1, 0.15) is 36.1 Å². The zero-order chi connectivity index (χ0) is 35.2. The molecule has 8 heteroatoms. The van der Waals surface area contributed by atoms with Gasteiger partial charge in [0.25, 0.3) is 5.91 Å². The van der Waals surface area contributed by atoms with Crippen molar-refractivity contribution in [3.05, 3.63) is 144 Å². The van der Waals surface area contributed by atoms with E-state index in [-0.39, 0.29) is 38.3 Å². The zero-order valence-corrected chi connectivity index (χ0v) is 29.6. The van der Waals surface area contributed by atoms with Gasteiger partial charge in [-0.3, -0.25) is 4.79 Å². The summed E-state index contributed by atoms with van der Waals surface area (Å²) in [4.78, 5) is 18.7. The SMILES string of the molecule is CC(C)[C@](O)(COCc1ccccc1)[C@@H](OCc1ccccc1)[C@H](OCc1ccccc1)[C@@H](OCc1ccccc1)C(=O)N1CCN(C)CC1. The molecule has 5 rings (SSSR count). The predicted octanol–water partition coefficient (Wildman–Crippen LogP) is 6.12. The van der Waals surface area contributed by atoms with E-state index >= 15 is 0 Å². The number of rotatable bonds is 18. The van der Waals surface area contributed by atoms with Crippen LogP contribution in [0.5, 0.6) is 0 Å². The van der Waals surface area contributed by atoms with Gasteiger partial charge < -0.3 is 33.9 Å². The molecule has 1 heterocycles. The van der Waals surface area contributed by atoms with Gasteiger partial charge in [0.15, 0.2) is 6.10 Å². The van der Waals surface area contributed by atoms with E-state index in [1.165, 1.54) is 0 Å². The number of carbonyl (C=O) groups is 1. The minimum absolute atomic E-state index is 0.0433. The van der Waals surface area contributed by atoms with Crippen LogP contribution in [0.3, 0.4) is 0 Å². The molecule has 0 aromatic heterocycles. The van der Waals surface area contributed by atoms with Crippen molar-refractivity contribution in [1.82, 2.24) is 9.80 Å². The summed E-state index contributed by atoms with van der Waals surface area (Å²) in [7, 11) is 2.06. The first-order valence-electron chi connectivity index (χ1n) is 17.6. The molecule has 8 nitrogen and oxygen atoms in total. The average molecular weight is 681 g/mol. The van der Waals surface area contributed by atoms with Gasteiger partial charge in [-0.1, -0.05) is 135 Å². The molecule has 4 aromatic rings. The van der Waals surface area contributed by atoms with E-state index in [0.29, 0.717) is 19.7 Å². The first-order chi connectivity index (χ1) is 24.3. The smallest absolute Gasteiger partial charge is 0.254 e. The van der Waals surface area contributed by atoms with Gasteiger partial charge in [0.05, 0.1) is 33.0 Å². The molecule has 0 unspecified atom stereocenters. The van der Waals surface area contributed by atoms with E-state index in [4.69, 9.17) is 18.9 Å². The lowest BCUT2D eigenvalue weighted by atomic mass is 9.81. The fraction of sp³-hybridized carbons (Fsp3) is 0.405. The fourth-order valence-electron chi connectivity index (χ4n) is 6.14. The summed E-state index contributed by atoms with van der Waals surface area (Å²) in [6.07, 6.45) is -3.09. The molecule has 266 valence electrons. The molecule has 1 saturated heterocycles. The van der Waals surface area contributed by atoms with Crippen LogP contribution >= 0.6 is 0 Å². The first kappa shape index (κ1) is 37.4. The summed E-state index contributed by atoms with van der Waals surface area (Å²) < 4.78 is 26.5. The monoisotopic (exact) mass is 680 g/mol. The lowest BCUT2D eigenvalue weighted by Gasteiger charge is -2.45. The van der Waals surface area contributed by atoms with Crippen molar-refractivity contribution in [2.24, 2.45) is 5.92 Å². The van der Waals surface area contributed by atoms with Crippen molar-refractivity contribution < 1.29 is 28.8 Å². The van der Waals surface area contributed by atoms with E-state index in [9.17, 15) is 9.90 Å². The fourth-order valence-corrected chi connectivity index (χ4v) is 6.14. The van der Waals surface area contributed by atoms with Crippen LogP contribution in [0, 0.1) is 5.92 Å². The maximum Gasteiger partial charge on any atom is 0.254 e. The van der Waals surface area contributed by atoms with Gasteiger partial charge in [0, 0.05) is 26.2 Å². The molecular weight excluding hydrogens is 628 g/mol. The Kier molecular flexibility index (Phi) is 14.1. The molecule has 1 fully saturated rings. The predicted molar refractivity (Wildman–Crippen MR) is 195 cm³/mol. The molecule has 4 aromatic carbocycles. The highest BCUT2D eigenvalue weighted by molar-refractivity contribution is 5.82. The Morgan fingerprint density at radius 1 is 0.640 bits per heavy atom. The number of piperazine rings is 1. The Bertz CT molecular complexity index is 1530. The van der Waals surface area contributed by atoms with Crippen molar-refractivity contribution in [2.75, 3.05) is 39.8 Å². The number of hydrogen-bond donors (Lipinski definition) is 1. The lowest BCUT2D eigenvalue weighted by Crippen LogP contribution is -2.63. The Morgan fingerprint density at radius 3 is 1.52 bits per heavy atom. The number of amides is 1. The molecule has 1 aliphatic heterocycles. The summed E-state index contributed by atoms with van der Waals surface area (Å²) in [5.74, 6) is -0.521. The van der Waals surface area contributed by atoms with Crippen LogP contribution in [0.25, 0.3) is 0 Å². The summed E-state index contributed by atoms with van der Waals surface area (Å²) in [6.45, 7) is 7.37. The van der Waals surface area contributed by atoms with Crippen LogP contribution in [-0.4, -0.2) is 84.6 Å². The van der Waals surface area contributed by atoms with Crippen molar-refractivity contribution in [3.8, 4) is 0 Å². The van der Waals surface area contributed by atoms with Gasteiger partial charge in [-0.25, -0.2) is 0 Å². The standard InChI is InChI=1S/C42H52N2O6/c1-33(2)42(46,32-47-28-34-16-8-4-9-17-34)40(50-31-37-22-14-7-15-23-37)38(48-29-35-18-10-5-11-19-35)39(49-30-36-20-12-6-13-21-36)41(45)44-26-24-43(3)25-27-44/h4-23,33,38-40,46H,24-32H2,1-3H3/t38-,39-,40+,42-/m1/s1. The van der Waals surface area contributed by atoms with Gasteiger partial charge in [0.1, 0.15) is 17.8 Å². The largest absolute Gasteiger partial charge is 0.384 e. The number of likely N-dealkylation sites (N-methyl/N-ethyl adjacent to an activating group) is 1. The van der Waals surface area contributed by atoms with Crippen LogP contribution in [0.4, 0.5) is 0 Å². The van der Waals surface area contributed by atoms with Crippen LogP contribution in [-0.2, 0) is 50.2 Å². The third kappa shape index (κ3) is 10.6.